The lowest BCUT2D eigenvalue weighted by Gasteiger charge is -2.44. The van der Waals surface area contributed by atoms with Gasteiger partial charge in [-0.3, -0.25) is 4.79 Å². The molecule has 1 saturated carbocycles. The van der Waals surface area contributed by atoms with Crippen LogP contribution in [0.2, 0.25) is 0 Å². The van der Waals surface area contributed by atoms with Gasteiger partial charge in [-0.05, 0) is 57.7 Å². The molecule has 1 fully saturated rings. The molecule has 0 spiro atoms. The van der Waals surface area contributed by atoms with Crippen LogP contribution in [0, 0.1) is 5.92 Å². The van der Waals surface area contributed by atoms with E-state index in [2.05, 4.69) is 12.1 Å². The second-order valence-corrected chi connectivity index (χ2v) is 7.41. The molecule has 3 rings (SSSR count). The first-order valence-electron chi connectivity index (χ1n) is 8.66. The van der Waals surface area contributed by atoms with E-state index in [0.717, 1.165) is 37.0 Å². The van der Waals surface area contributed by atoms with Gasteiger partial charge in [0.1, 0.15) is 23.2 Å². The van der Waals surface area contributed by atoms with Crippen LogP contribution in [-0.4, -0.2) is 29.1 Å². The van der Waals surface area contributed by atoms with E-state index in [1.807, 2.05) is 19.9 Å². The van der Waals surface area contributed by atoms with E-state index >= 15 is 0 Å². The molecular weight excluding hydrogens is 290 g/mol. The number of benzene rings is 1. The number of carbonyl (C=O) groups excluding carboxylic acids is 1. The molecule has 0 aromatic heterocycles. The summed E-state index contributed by atoms with van der Waals surface area (Å²) >= 11 is 0. The highest BCUT2D eigenvalue weighted by Crippen LogP contribution is 2.48. The number of fused-ring (bicyclic) bond motifs is 1. The summed E-state index contributed by atoms with van der Waals surface area (Å²) in [7, 11) is 0. The third kappa shape index (κ3) is 3.02. The highest BCUT2D eigenvalue weighted by molar-refractivity contribution is 5.84. The Balaban J connectivity index is 2.01. The Hall–Kier alpha value is -1.39. The quantitative estimate of drug-likeness (QED) is 0.895. The van der Waals surface area contributed by atoms with Crippen molar-refractivity contribution in [2.45, 2.75) is 63.6 Å². The van der Waals surface area contributed by atoms with E-state index in [4.69, 9.17) is 10.5 Å². The van der Waals surface area contributed by atoms with Crippen molar-refractivity contribution in [3.8, 4) is 5.75 Å². The first kappa shape index (κ1) is 16.5. The van der Waals surface area contributed by atoms with Gasteiger partial charge in [0.25, 0.3) is 0 Å². The molecule has 1 aromatic carbocycles. The van der Waals surface area contributed by atoms with Crippen molar-refractivity contribution in [2.24, 2.45) is 11.7 Å². The van der Waals surface area contributed by atoms with Crippen molar-refractivity contribution in [2.75, 3.05) is 6.54 Å². The van der Waals surface area contributed by atoms with E-state index in [-0.39, 0.29) is 17.6 Å². The van der Waals surface area contributed by atoms with Crippen LogP contribution in [0.15, 0.2) is 18.2 Å². The van der Waals surface area contributed by atoms with E-state index in [9.17, 15) is 9.90 Å². The topological polar surface area (TPSA) is 72.5 Å². The first-order valence-corrected chi connectivity index (χ1v) is 8.66. The maximum atomic E-state index is 12.3. The van der Waals surface area contributed by atoms with Gasteiger partial charge in [0.2, 0.25) is 0 Å². The maximum absolute atomic E-state index is 12.3. The normalized spacial score (nSPS) is 29.2. The van der Waals surface area contributed by atoms with Gasteiger partial charge in [0, 0.05) is 23.8 Å². The third-order valence-corrected chi connectivity index (χ3v) is 5.31. The Kier molecular flexibility index (Phi) is 4.47. The summed E-state index contributed by atoms with van der Waals surface area (Å²) in [5.74, 6) is 0.838. The van der Waals surface area contributed by atoms with Crippen molar-refractivity contribution in [3.63, 3.8) is 0 Å². The number of nitrogens with two attached hydrogens (primary N) is 1. The zero-order valence-electron chi connectivity index (χ0n) is 14.0. The minimum atomic E-state index is -0.681. The van der Waals surface area contributed by atoms with Crippen molar-refractivity contribution in [1.82, 2.24) is 0 Å². The lowest BCUT2D eigenvalue weighted by molar-refractivity contribution is -0.125. The standard InChI is InChI=1S/C19H27NO3/c1-19(2)18(22)17(13-6-3-7-15(13)21)14-11-12(5-4-10-20)8-9-16(14)23-19/h8-9,11,13,17-18,22H,3-7,10,20H2,1-2H3/t13?,17-,18+/m1/s1. The predicted molar refractivity (Wildman–Crippen MR) is 89.6 cm³/mol. The zero-order chi connectivity index (χ0) is 16.6. The molecule has 3 atom stereocenters. The van der Waals surface area contributed by atoms with Gasteiger partial charge >= 0.3 is 0 Å². The van der Waals surface area contributed by atoms with Crippen molar-refractivity contribution in [1.29, 1.82) is 0 Å². The summed E-state index contributed by atoms with van der Waals surface area (Å²) in [4.78, 5) is 12.3. The lowest BCUT2D eigenvalue weighted by Crippen LogP contribution is -2.51. The fraction of sp³-hybridized carbons (Fsp3) is 0.632. The summed E-state index contributed by atoms with van der Waals surface area (Å²) in [6.45, 7) is 4.46. The Morgan fingerprint density at radius 2 is 2.17 bits per heavy atom. The Morgan fingerprint density at radius 3 is 2.83 bits per heavy atom. The van der Waals surface area contributed by atoms with Crippen LogP contribution in [0.5, 0.6) is 5.75 Å². The monoisotopic (exact) mass is 317 g/mol. The molecule has 2 aliphatic rings. The van der Waals surface area contributed by atoms with Crippen LogP contribution in [0.3, 0.4) is 0 Å². The fourth-order valence-corrected chi connectivity index (χ4v) is 4.02. The zero-order valence-corrected chi connectivity index (χ0v) is 14.0. The van der Waals surface area contributed by atoms with Gasteiger partial charge in [-0.1, -0.05) is 12.1 Å². The van der Waals surface area contributed by atoms with Gasteiger partial charge in [0.15, 0.2) is 0 Å². The molecule has 1 aliphatic heterocycles. The summed E-state index contributed by atoms with van der Waals surface area (Å²) < 4.78 is 6.03. The van der Waals surface area contributed by atoms with Gasteiger partial charge in [-0.2, -0.15) is 0 Å². The van der Waals surface area contributed by atoms with Gasteiger partial charge in [0.05, 0.1) is 0 Å². The molecule has 3 N–H and O–H groups in total. The van der Waals surface area contributed by atoms with Crippen LogP contribution in [0.1, 0.15) is 56.6 Å². The van der Waals surface area contributed by atoms with Gasteiger partial charge < -0.3 is 15.6 Å². The number of aliphatic hydroxyl groups is 1. The molecule has 1 unspecified atom stereocenters. The number of carbonyl (C=O) groups is 1. The molecule has 23 heavy (non-hydrogen) atoms. The van der Waals surface area contributed by atoms with Gasteiger partial charge in [-0.25, -0.2) is 0 Å². The largest absolute Gasteiger partial charge is 0.485 e. The maximum Gasteiger partial charge on any atom is 0.136 e. The lowest BCUT2D eigenvalue weighted by atomic mass is 9.73. The average Bonchev–Trinajstić information content (AvgIpc) is 2.92. The van der Waals surface area contributed by atoms with Crippen LogP contribution < -0.4 is 10.5 Å². The molecule has 0 bridgehead atoms. The molecule has 1 heterocycles. The third-order valence-electron chi connectivity index (χ3n) is 5.31. The molecule has 1 aliphatic carbocycles. The summed E-state index contributed by atoms with van der Waals surface area (Å²) in [5, 5.41) is 10.9. The molecule has 0 saturated heterocycles. The fourth-order valence-electron chi connectivity index (χ4n) is 4.02. The second kappa shape index (κ2) is 6.25. The smallest absolute Gasteiger partial charge is 0.136 e. The minimum Gasteiger partial charge on any atom is -0.485 e. The number of ether oxygens (including phenoxy) is 1. The predicted octanol–water partition coefficient (Wildman–Crippen LogP) is 2.56. The van der Waals surface area contributed by atoms with Crippen LogP contribution in [-0.2, 0) is 11.2 Å². The Labute approximate surface area is 138 Å². The van der Waals surface area contributed by atoms with Gasteiger partial charge in [-0.15, -0.1) is 0 Å². The summed E-state index contributed by atoms with van der Waals surface area (Å²) in [6.07, 6.45) is 3.60. The number of aliphatic hydroxyl groups excluding tert-OH is 1. The number of hydrogen-bond donors (Lipinski definition) is 2. The molecule has 1 aromatic rings. The number of Topliss-reactive ketones (excluding diaryl/α,β-unsaturated/α-hetero) is 1. The van der Waals surface area contributed by atoms with Crippen LogP contribution >= 0.6 is 0 Å². The highest BCUT2D eigenvalue weighted by Gasteiger charge is 2.48. The molecule has 126 valence electrons. The summed E-state index contributed by atoms with van der Waals surface area (Å²) in [5.41, 5.74) is 7.11. The number of rotatable bonds is 4. The number of ketones is 1. The first-order chi connectivity index (χ1) is 10.9. The number of aryl methyl sites for hydroxylation is 1. The molecule has 4 heteroatoms. The SMILES string of the molecule is CC1(C)Oc2ccc(CCCN)cc2[C@@H](C2CCCC2=O)[C@@H]1O. The van der Waals surface area contributed by atoms with E-state index in [1.165, 1.54) is 5.56 Å². The van der Waals surface area contributed by atoms with Crippen LogP contribution in [0.25, 0.3) is 0 Å². The summed E-state index contributed by atoms with van der Waals surface area (Å²) in [6, 6.07) is 6.16. The molecule has 0 amide bonds. The van der Waals surface area contributed by atoms with Crippen molar-refractivity contribution in [3.05, 3.63) is 29.3 Å². The van der Waals surface area contributed by atoms with E-state index < -0.39 is 11.7 Å². The van der Waals surface area contributed by atoms with Crippen LogP contribution in [0.4, 0.5) is 0 Å². The Morgan fingerprint density at radius 1 is 1.39 bits per heavy atom. The molecule has 4 nitrogen and oxygen atoms in total. The number of hydrogen-bond acceptors (Lipinski definition) is 4. The van der Waals surface area contributed by atoms with Crippen molar-refractivity contribution < 1.29 is 14.6 Å². The average molecular weight is 317 g/mol. The second-order valence-electron chi connectivity index (χ2n) is 7.41. The molecule has 0 radical (unpaired) electrons. The highest BCUT2D eigenvalue weighted by atomic mass is 16.5. The minimum absolute atomic E-state index is 0.0864. The molecular formula is C19H27NO3. The Bertz CT molecular complexity index is 596. The van der Waals surface area contributed by atoms with E-state index in [1.54, 1.807) is 0 Å². The van der Waals surface area contributed by atoms with E-state index in [0.29, 0.717) is 13.0 Å². The van der Waals surface area contributed by atoms with Crippen molar-refractivity contribution >= 4 is 5.78 Å².